The Bertz CT molecular complexity index is 769. The molecule has 128 valence electrons. The lowest BCUT2D eigenvalue weighted by Gasteiger charge is -2.28. The van der Waals surface area contributed by atoms with Crippen LogP contribution in [0, 0.1) is 12.3 Å². The number of carbonyl (C=O) groups excluding carboxylic acids is 2. The normalized spacial score (nSPS) is 16.1. The molecule has 0 bridgehead atoms. The van der Waals surface area contributed by atoms with Crippen molar-refractivity contribution in [1.82, 2.24) is 9.88 Å². The van der Waals surface area contributed by atoms with Gasteiger partial charge >= 0.3 is 0 Å². The molecule has 1 aliphatic rings. The van der Waals surface area contributed by atoms with Crippen LogP contribution in [0.3, 0.4) is 0 Å². The van der Waals surface area contributed by atoms with E-state index in [0.717, 1.165) is 23.4 Å². The van der Waals surface area contributed by atoms with E-state index in [1.54, 1.807) is 11.2 Å². The molecular weight excluding hydrogens is 304 g/mol. The third-order valence-electron chi connectivity index (χ3n) is 4.71. The maximum atomic E-state index is 13.0. The fraction of sp³-hybridized carbons (Fsp3) is 0.474. The second-order valence-corrected chi connectivity index (χ2v) is 7.32. The van der Waals surface area contributed by atoms with Gasteiger partial charge in [0.15, 0.2) is 5.78 Å². The van der Waals surface area contributed by atoms with Crippen molar-refractivity contribution in [3.63, 3.8) is 0 Å². The number of furan rings is 1. The molecule has 2 aromatic heterocycles. The summed E-state index contributed by atoms with van der Waals surface area (Å²) in [6.45, 7) is 8.96. The molecule has 0 aromatic carbocycles. The van der Waals surface area contributed by atoms with Gasteiger partial charge in [-0.1, -0.05) is 13.8 Å². The highest BCUT2D eigenvalue weighted by molar-refractivity contribution is 6.04. The molecule has 0 atom stereocenters. The molecule has 0 saturated heterocycles. The number of aromatic nitrogens is 1. The Morgan fingerprint density at radius 2 is 2.12 bits per heavy atom. The van der Waals surface area contributed by atoms with Crippen LogP contribution < -0.4 is 0 Å². The van der Waals surface area contributed by atoms with E-state index in [4.69, 9.17) is 4.42 Å². The maximum absolute atomic E-state index is 13.0. The molecule has 0 fully saturated rings. The van der Waals surface area contributed by atoms with Crippen molar-refractivity contribution in [3.05, 3.63) is 46.7 Å². The minimum absolute atomic E-state index is 0.0691. The molecule has 0 aliphatic heterocycles. The van der Waals surface area contributed by atoms with Crippen molar-refractivity contribution in [2.45, 2.75) is 47.1 Å². The summed E-state index contributed by atoms with van der Waals surface area (Å²) in [6.07, 6.45) is 2.91. The minimum atomic E-state index is -0.0913. The van der Waals surface area contributed by atoms with E-state index in [0.29, 0.717) is 30.8 Å². The first-order valence-corrected chi connectivity index (χ1v) is 8.38. The Morgan fingerprint density at radius 1 is 1.38 bits per heavy atom. The van der Waals surface area contributed by atoms with E-state index in [1.807, 2.05) is 26.0 Å². The quantitative estimate of drug-likeness (QED) is 0.930. The zero-order valence-electron chi connectivity index (χ0n) is 14.7. The molecule has 0 saturated carbocycles. The number of nitrogens with one attached hydrogen (secondary N) is 1. The predicted molar refractivity (Wildman–Crippen MR) is 91.1 cm³/mol. The Kier molecular flexibility index (Phi) is 4.11. The van der Waals surface area contributed by atoms with Crippen LogP contribution in [0.5, 0.6) is 0 Å². The molecule has 0 radical (unpaired) electrons. The first-order chi connectivity index (χ1) is 11.3. The molecule has 1 aliphatic carbocycles. The Hall–Kier alpha value is -2.30. The molecule has 5 heteroatoms. The van der Waals surface area contributed by atoms with E-state index < -0.39 is 0 Å². The molecule has 24 heavy (non-hydrogen) atoms. The largest absolute Gasteiger partial charge is 0.467 e. The van der Waals surface area contributed by atoms with Crippen LogP contribution in [-0.4, -0.2) is 28.1 Å². The third kappa shape index (κ3) is 2.90. The number of Topliss-reactive ketones (excluding diaryl/α,β-unsaturated/α-hetero) is 1. The van der Waals surface area contributed by atoms with E-state index in [-0.39, 0.29) is 17.1 Å². The number of fused-ring (bicyclic) bond motifs is 1. The SMILES string of the molecule is CCN(Cc1ccco1)C(=O)c1[nH]c2c(c1C)C(=O)CC(C)(C)C2. The van der Waals surface area contributed by atoms with Crippen LogP contribution in [0.15, 0.2) is 22.8 Å². The summed E-state index contributed by atoms with van der Waals surface area (Å²) in [5.41, 5.74) is 2.84. The number of hydrogen-bond acceptors (Lipinski definition) is 3. The maximum Gasteiger partial charge on any atom is 0.270 e. The molecule has 5 nitrogen and oxygen atoms in total. The highest BCUT2D eigenvalue weighted by Gasteiger charge is 2.35. The van der Waals surface area contributed by atoms with Crippen LogP contribution in [0.1, 0.15) is 65.1 Å². The lowest BCUT2D eigenvalue weighted by atomic mass is 9.75. The number of hydrogen-bond donors (Lipinski definition) is 1. The van der Waals surface area contributed by atoms with Gasteiger partial charge in [-0.15, -0.1) is 0 Å². The van der Waals surface area contributed by atoms with Crippen LogP contribution in [0.25, 0.3) is 0 Å². The number of nitrogens with zero attached hydrogens (tertiary/aromatic N) is 1. The zero-order chi connectivity index (χ0) is 17.5. The van der Waals surface area contributed by atoms with Crippen LogP contribution in [0.4, 0.5) is 0 Å². The fourth-order valence-corrected chi connectivity index (χ4v) is 3.52. The van der Waals surface area contributed by atoms with E-state index in [9.17, 15) is 9.59 Å². The van der Waals surface area contributed by atoms with Crippen molar-refractivity contribution < 1.29 is 14.0 Å². The third-order valence-corrected chi connectivity index (χ3v) is 4.71. The predicted octanol–water partition coefficient (Wildman–Crippen LogP) is 3.73. The number of H-pyrrole nitrogens is 1. The monoisotopic (exact) mass is 328 g/mol. The summed E-state index contributed by atoms with van der Waals surface area (Å²) in [6, 6.07) is 3.67. The van der Waals surface area contributed by atoms with Crippen molar-refractivity contribution in [2.75, 3.05) is 6.54 Å². The molecule has 1 N–H and O–H groups in total. The topological polar surface area (TPSA) is 66.3 Å². The average Bonchev–Trinajstić information content (AvgIpc) is 3.10. The lowest BCUT2D eigenvalue weighted by Crippen LogP contribution is -2.31. The highest BCUT2D eigenvalue weighted by atomic mass is 16.3. The molecule has 0 spiro atoms. The Balaban J connectivity index is 1.92. The number of ketones is 1. The van der Waals surface area contributed by atoms with Crippen molar-refractivity contribution in [3.8, 4) is 0 Å². The van der Waals surface area contributed by atoms with E-state index in [2.05, 4.69) is 18.8 Å². The van der Waals surface area contributed by atoms with Gasteiger partial charge < -0.3 is 14.3 Å². The van der Waals surface area contributed by atoms with E-state index in [1.165, 1.54) is 0 Å². The van der Waals surface area contributed by atoms with Gasteiger partial charge in [-0.05, 0) is 43.4 Å². The van der Waals surface area contributed by atoms with Gasteiger partial charge in [0, 0.05) is 24.2 Å². The number of carbonyl (C=O) groups is 2. The van der Waals surface area contributed by atoms with Crippen molar-refractivity contribution in [2.24, 2.45) is 5.41 Å². The van der Waals surface area contributed by atoms with Crippen molar-refractivity contribution >= 4 is 11.7 Å². The standard InChI is InChI=1S/C19H24N2O3/c1-5-21(11-13-7-6-8-24-13)18(23)17-12(2)16-14(20-17)9-19(3,4)10-15(16)22/h6-8,20H,5,9-11H2,1-4H3. The molecule has 1 amide bonds. The Morgan fingerprint density at radius 3 is 2.75 bits per heavy atom. The summed E-state index contributed by atoms with van der Waals surface area (Å²) in [5.74, 6) is 0.783. The molecule has 2 aromatic rings. The number of amides is 1. The molecular formula is C19H24N2O3. The summed E-state index contributed by atoms with van der Waals surface area (Å²) >= 11 is 0. The molecule has 3 rings (SSSR count). The summed E-state index contributed by atoms with van der Waals surface area (Å²) < 4.78 is 5.35. The van der Waals surface area contributed by atoms with Gasteiger partial charge in [0.1, 0.15) is 11.5 Å². The van der Waals surface area contributed by atoms with Gasteiger partial charge in [-0.2, -0.15) is 0 Å². The van der Waals surface area contributed by atoms with Crippen LogP contribution in [0.2, 0.25) is 0 Å². The second-order valence-electron chi connectivity index (χ2n) is 7.32. The Labute approximate surface area is 142 Å². The first kappa shape index (κ1) is 16.6. The summed E-state index contributed by atoms with van der Waals surface area (Å²) in [4.78, 5) is 30.4. The minimum Gasteiger partial charge on any atom is -0.467 e. The van der Waals surface area contributed by atoms with Crippen molar-refractivity contribution in [1.29, 1.82) is 0 Å². The highest BCUT2D eigenvalue weighted by Crippen LogP contribution is 2.36. The fourth-order valence-electron chi connectivity index (χ4n) is 3.52. The van der Waals surface area contributed by atoms with Gasteiger partial charge in [-0.25, -0.2) is 0 Å². The van der Waals surface area contributed by atoms with Crippen LogP contribution in [-0.2, 0) is 13.0 Å². The average molecular weight is 328 g/mol. The number of aromatic amines is 1. The second kappa shape index (κ2) is 5.96. The van der Waals surface area contributed by atoms with Gasteiger partial charge in [0.2, 0.25) is 0 Å². The summed E-state index contributed by atoms with van der Waals surface area (Å²) in [7, 11) is 0. The first-order valence-electron chi connectivity index (χ1n) is 8.38. The summed E-state index contributed by atoms with van der Waals surface area (Å²) in [5, 5.41) is 0. The molecule has 2 heterocycles. The van der Waals surface area contributed by atoms with Gasteiger partial charge in [0.25, 0.3) is 5.91 Å². The van der Waals surface area contributed by atoms with Crippen LogP contribution >= 0.6 is 0 Å². The van der Waals surface area contributed by atoms with Gasteiger partial charge in [0.05, 0.1) is 12.8 Å². The zero-order valence-corrected chi connectivity index (χ0v) is 14.7. The smallest absolute Gasteiger partial charge is 0.270 e. The van der Waals surface area contributed by atoms with E-state index >= 15 is 0 Å². The number of rotatable bonds is 4. The lowest BCUT2D eigenvalue weighted by molar-refractivity contribution is 0.0735. The van der Waals surface area contributed by atoms with Gasteiger partial charge in [-0.3, -0.25) is 9.59 Å². The molecule has 0 unspecified atom stereocenters.